The normalized spacial score (nSPS) is 39.0. The van der Waals surface area contributed by atoms with Gasteiger partial charge in [0, 0.05) is 6.42 Å². The van der Waals surface area contributed by atoms with Crippen molar-refractivity contribution in [2.75, 3.05) is 5.32 Å². The second-order valence-corrected chi connectivity index (χ2v) is 14.4. The second-order valence-electron chi connectivity index (χ2n) is 14.4. The summed E-state index contributed by atoms with van der Waals surface area (Å²) >= 11 is 0. The molecule has 1 aromatic rings. The quantitative estimate of drug-likeness (QED) is 0.360. The van der Waals surface area contributed by atoms with E-state index in [9.17, 15) is 9.90 Å². The summed E-state index contributed by atoms with van der Waals surface area (Å²) in [4.78, 5) is 13.2. The van der Waals surface area contributed by atoms with Gasteiger partial charge in [0.25, 0.3) is 0 Å². The standard InChI is InChI=1S/C36H47NO4/c1-5-30(41-34-29(39)14-15-32-33(34)37-28-8-6-7-9-31(28)40-32)21(2)25-12-13-26-24-11-10-22-20-23(38)16-18-35(22,3)27(24)17-19-36(25,26)4/h6-10,15,21,23-27,30,37-38H,5,11-14,16-20H2,1-4H3/t21-,23-,24-,25+,26-,27-,30?,35-,36+/m0/s1. The van der Waals surface area contributed by atoms with Gasteiger partial charge in [0.15, 0.2) is 17.3 Å². The molecule has 0 saturated heterocycles. The number of rotatable bonds is 5. The molecule has 5 heteroatoms. The molecule has 1 unspecified atom stereocenters. The van der Waals surface area contributed by atoms with Crippen LogP contribution in [0.15, 0.2) is 59.2 Å². The van der Waals surface area contributed by atoms with Crippen LogP contribution in [0.25, 0.3) is 0 Å². The van der Waals surface area contributed by atoms with Crippen LogP contribution < -0.4 is 10.1 Å². The number of fused-ring (bicyclic) bond motifs is 7. The molecule has 7 rings (SSSR count). The van der Waals surface area contributed by atoms with E-state index in [0.717, 1.165) is 54.9 Å². The van der Waals surface area contributed by atoms with E-state index < -0.39 is 0 Å². The van der Waals surface area contributed by atoms with Gasteiger partial charge in [-0.1, -0.05) is 51.5 Å². The minimum atomic E-state index is -0.147. The fourth-order valence-corrected chi connectivity index (χ4v) is 10.4. The number of ether oxygens (including phenoxy) is 2. The largest absolute Gasteiger partial charge is 0.484 e. The average molecular weight is 558 g/mol. The number of hydrogen-bond donors (Lipinski definition) is 2. The number of Topliss-reactive ketones (excluding diaryl/α,β-unsaturated/α-hetero) is 1. The monoisotopic (exact) mass is 557 g/mol. The predicted octanol–water partition coefficient (Wildman–Crippen LogP) is 7.93. The van der Waals surface area contributed by atoms with Crippen molar-refractivity contribution in [2.24, 2.45) is 40.4 Å². The van der Waals surface area contributed by atoms with Crippen LogP contribution in [0.1, 0.15) is 91.9 Å². The molecular formula is C36H47NO4. The summed E-state index contributed by atoms with van der Waals surface area (Å²) in [5, 5.41) is 13.8. The summed E-state index contributed by atoms with van der Waals surface area (Å²) in [6.45, 7) is 9.69. The van der Waals surface area contributed by atoms with Crippen molar-refractivity contribution >= 4 is 11.5 Å². The number of carbonyl (C=O) groups excluding carboxylic acids is 1. The van der Waals surface area contributed by atoms with Gasteiger partial charge < -0.3 is 19.9 Å². The highest BCUT2D eigenvalue weighted by Gasteiger charge is 2.59. The van der Waals surface area contributed by atoms with Gasteiger partial charge in [-0.25, -0.2) is 0 Å². The summed E-state index contributed by atoms with van der Waals surface area (Å²) < 4.78 is 12.9. The van der Waals surface area contributed by atoms with Crippen LogP contribution in [0.2, 0.25) is 0 Å². The Balaban J connectivity index is 1.12. The number of carbonyl (C=O) groups is 1. The second kappa shape index (κ2) is 10.0. The lowest BCUT2D eigenvalue weighted by Crippen LogP contribution is -2.51. The van der Waals surface area contributed by atoms with Gasteiger partial charge in [0.05, 0.1) is 11.8 Å². The zero-order chi connectivity index (χ0) is 28.5. The number of benzene rings is 1. The molecule has 220 valence electrons. The summed E-state index contributed by atoms with van der Waals surface area (Å²) in [6.07, 6.45) is 14.7. The Labute approximate surface area is 245 Å². The van der Waals surface area contributed by atoms with Crippen molar-refractivity contribution in [3.8, 4) is 5.75 Å². The lowest BCUT2D eigenvalue weighted by Gasteiger charge is -2.58. The molecule has 41 heavy (non-hydrogen) atoms. The first-order valence-corrected chi connectivity index (χ1v) is 16.3. The van der Waals surface area contributed by atoms with Crippen molar-refractivity contribution in [1.29, 1.82) is 0 Å². The number of aliphatic hydroxyl groups excluding tert-OH is 1. The van der Waals surface area contributed by atoms with Crippen molar-refractivity contribution in [3.05, 3.63) is 59.2 Å². The zero-order valence-electron chi connectivity index (χ0n) is 25.2. The number of allylic oxidation sites excluding steroid dienone is 3. The highest BCUT2D eigenvalue weighted by Crippen LogP contribution is 2.67. The van der Waals surface area contributed by atoms with Gasteiger partial charge in [0.2, 0.25) is 5.78 Å². The van der Waals surface area contributed by atoms with Gasteiger partial charge in [-0.3, -0.25) is 4.79 Å². The lowest BCUT2D eigenvalue weighted by atomic mass is 9.47. The molecule has 3 saturated carbocycles. The van der Waals surface area contributed by atoms with Gasteiger partial charge in [0.1, 0.15) is 11.8 Å². The van der Waals surface area contributed by atoms with E-state index >= 15 is 0 Å². The minimum Gasteiger partial charge on any atom is -0.484 e. The first-order valence-electron chi connectivity index (χ1n) is 16.3. The smallest absolute Gasteiger partial charge is 0.203 e. The Morgan fingerprint density at radius 3 is 2.76 bits per heavy atom. The van der Waals surface area contributed by atoms with Crippen LogP contribution in [0.3, 0.4) is 0 Å². The highest BCUT2D eigenvalue weighted by atomic mass is 16.5. The topological polar surface area (TPSA) is 67.8 Å². The molecule has 0 radical (unpaired) electrons. The van der Waals surface area contributed by atoms with E-state index in [0.29, 0.717) is 40.9 Å². The van der Waals surface area contributed by atoms with Gasteiger partial charge >= 0.3 is 0 Å². The molecule has 2 N–H and O–H groups in total. The SMILES string of the molecule is CCC(OC1=C2Nc3ccccc3OC2=CCC1=O)[C@@H](C)[C@H]1CC[C@H]2[C@@H]3CC=C4C[C@@H](O)CC[C@]4(C)[C@H]3CC[C@]12C. The van der Waals surface area contributed by atoms with E-state index in [1.165, 1.54) is 32.1 Å². The van der Waals surface area contributed by atoms with Gasteiger partial charge in [-0.15, -0.1) is 0 Å². The van der Waals surface area contributed by atoms with E-state index in [1.54, 1.807) is 5.57 Å². The Morgan fingerprint density at radius 1 is 1.10 bits per heavy atom. The predicted molar refractivity (Wildman–Crippen MR) is 161 cm³/mol. The van der Waals surface area contributed by atoms with Crippen molar-refractivity contribution < 1.29 is 19.4 Å². The molecular weight excluding hydrogens is 510 g/mol. The third kappa shape index (κ3) is 4.24. The minimum absolute atomic E-state index is 0.0201. The van der Waals surface area contributed by atoms with Crippen molar-refractivity contribution in [2.45, 2.75) is 104 Å². The maximum absolute atomic E-state index is 13.2. The molecule has 5 nitrogen and oxygen atoms in total. The molecule has 1 aromatic carbocycles. The van der Waals surface area contributed by atoms with Crippen LogP contribution in [0.5, 0.6) is 5.75 Å². The van der Waals surface area contributed by atoms with Crippen LogP contribution in [-0.2, 0) is 9.53 Å². The molecule has 1 aliphatic heterocycles. The van der Waals surface area contributed by atoms with Crippen molar-refractivity contribution in [3.63, 3.8) is 0 Å². The summed E-state index contributed by atoms with van der Waals surface area (Å²) in [5.74, 6) is 5.11. The Bertz CT molecular complexity index is 1330. The van der Waals surface area contributed by atoms with Crippen LogP contribution in [-0.4, -0.2) is 23.1 Å². The molecule has 1 heterocycles. The highest BCUT2D eigenvalue weighted by molar-refractivity contribution is 5.98. The third-order valence-electron chi connectivity index (χ3n) is 12.6. The summed E-state index contributed by atoms with van der Waals surface area (Å²) in [6, 6.07) is 7.85. The molecule has 0 spiro atoms. The van der Waals surface area contributed by atoms with Crippen molar-refractivity contribution in [1.82, 2.24) is 0 Å². The molecule has 9 atom stereocenters. The number of nitrogens with one attached hydrogen (secondary N) is 1. The first kappa shape index (κ1) is 27.3. The number of para-hydroxylation sites is 2. The summed E-state index contributed by atoms with van der Waals surface area (Å²) in [5.41, 5.74) is 3.67. The first-order chi connectivity index (χ1) is 19.7. The molecule has 5 aliphatic carbocycles. The molecule has 0 aromatic heterocycles. The average Bonchev–Trinajstić information content (AvgIpc) is 3.33. The van der Waals surface area contributed by atoms with Gasteiger partial charge in [-0.2, -0.15) is 0 Å². The molecule has 3 fully saturated rings. The van der Waals surface area contributed by atoms with E-state index in [2.05, 4.69) is 39.1 Å². The van der Waals surface area contributed by atoms with Crippen LogP contribution in [0.4, 0.5) is 5.69 Å². The van der Waals surface area contributed by atoms with E-state index in [-0.39, 0.29) is 23.4 Å². The Morgan fingerprint density at radius 2 is 1.93 bits per heavy atom. The maximum atomic E-state index is 13.2. The molecule has 6 aliphatic rings. The summed E-state index contributed by atoms with van der Waals surface area (Å²) in [7, 11) is 0. The molecule has 0 amide bonds. The fourth-order valence-electron chi connectivity index (χ4n) is 10.4. The number of aliphatic hydroxyl groups is 1. The van der Waals surface area contributed by atoms with Gasteiger partial charge in [-0.05, 0) is 116 Å². The lowest BCUT2D eigenvalue weighted by molar-refractivity contribution is -0.121. The number of ketones is 1. The van der Waals surface area contributed by atoms with E-state index in [1.807, 2.05) is 30.3 Å². The number of hydrogen-bond acceptors (Lipinski definition) is 5. The third-order valence-corrected chi connectivity index (χ3v) is 12.6. The maximum Gasteiger partial charge on any atom is 0.203 e. The fraction of sp³-hybridized carbons (Fsp3) is 0.639. The molecule has 0 bridgehead atoms. The van der Waals surface area contributed by atoms with E-state index in [4.69, 9.17) is 9.47 Å². The van der Waals surface area contributed by atoms with Crippen LogP contribution >= 0.6 is 0 Å². The Kier molecular flexibility index (Phi) is 6.69. The zero-order valence-corrected chi connectivity index (χ0v) is 25.2. The number of anilines is 1. The van der Waals surface area contributed by atoms with Crippen LogP contribution in [0, 0.1) is 40.4 Å². The Hall–Kier alpha value is -2.53.